The van der Waals surface area contributed by atoms with Crippen LogP contribution in [0.25, 0.3) is 0 Å². The van der Waals surface area contributed by atoms with Crippen LogP contribution in [0.2, 0.25) is 0 Å². The first-order chi connectivity index (χ1) is 6.70. The van der Waals surface area contributed by atoms with E-state index in [2.05, 4.69) is 0 Å². The molecule has 1 aliphatic rings. The maximum absolute atomic E-state index is 10.6. The summed E-state index contributed by atoms with van der Waals surface area (Å²) in [4.78, 5) is 10.6. The first kappa shape index (κ1) is 11.5. The molecule has 81 valence electrons. The van der Waals surface area contributed by atoms with E-state index in [4.69, 9.17) is 5.11 Å². The molecule has 0 spiro atoms. The molecule has 0 saturated heterocycles. The van der Waals surface area contributed by atoms with Crippen molar-refractivity contribution in [3.05, 3.63) is 5.92 Å². The Morgan fingerprint density at radius 2 is 2.00 bits per heavy atom. The molecule has 14 heavy (non-hydrogen) atoms. The van der Waals surface area contributed by atoms with Crippen LogP contribution in [0.3, 0.4) is 0 Å². The van der Waals surface area contributed by atoms with E-state index in [1.54, 1.807) is 12.8 Å². The fourth-order valence-electron chi connectivity index (χ4n) is 2.08. The van der Waals surface area contributed by atoms with Gasteiger partial charge in [0, 0.05) is 0 Å². The highest BCUT2D eigenvalue weighted by atomic mass is 16.4. The highest BCUT2D eigenvalue weighted by molar-refractivity contribution is 5.69. The monoisotopic (exact) mass is 197 g/mol. The molecule has 0 amide bonds. The van der Waals surface area contributed by atoms with Crippen LogP contribution in [-0.2, 0) is 4.79 Å². The normalized spacial score (nSPS) is 20.6. The summed E-state index contributed by atoms with van der Waals surface area (Å²) in [5.41, 5.74) is 0. The summed E-state index contributed by atoms with van der Waals surface area (Å²) < 4.78 is 0. The molecule has 2 nitrogen and oxygen atoms in total. The second kappa shape index (κ2) is 6.05. The third kappa shape index (κ3) is 4.12. The Labute approximate surface area is 86.7 Å². The fourth-order valence-corrected chi connectivity index (χ4v) is 2.08. The number of hydrogen-bond donors (Lipinski definition) is 1. The molecule has 0 aromatic heterocycles. The van der Waals surface area contributed by atoms with Crippen molar-refractivity contribution in [2.75, 3.05) is 0 Å². The van der Waals surface area contributed by atoms with E-state index in [1.807, 2.05) is 0 Å². The molecule has 1 rings (SSSR count). The molecule has 0 bridgehead atoms. The van der Waals surface area contributed by atoms with Crippen molar-refractivity contribution in [2.45, 2.75) is 58.3 Å². The van der Waals surface area contributed by atoms with E-state index in [-0.39, 0.29) is 5.92 Å². The number of rotatable bonds is 5. The second-order valence-electron chi connectivity index (χ2n) is 4.44. The summed E-state index contributed by atoms with van der Waals surface area (Å²) in [6.45, 7) is 1.80. The average molecular weight is 197 g/mol. The van der Waals surface area contributed by atoms with Gasteiger partial charge in [-0.3, -0.25) is 4.79 Å². The van der Waals surface area contributed by atoms with E-state index >= 15 is 0 Å². The maximum atomic E-state index is 10.6. The van der Waals surface area contributed by atoms with Crippen LogP contribution in [0.15, 0.2) is 0 Å². The van der Waals surface area contributed by atoms with Crippen LogP contribution in [0, 0.1) is 11.8 Å². The largest absolute Gasteiger partial charge is 0.481 e. The van der Waals surface area contributed by atoms with E-state index in [9.17, 15) is 4.79 Å². The van der Waals surface area contributed by atoms with Crippen molar-refractivity contribution in [1.82, 2.24) is 0 Å². The van der Waals surface area contributed by atoms with Gasteiger partial charge in [0.1, 0.15) is 0 Å². The molecule has 1 aliphatic carbocycles. The van der Waals surface area contributed by atoms with Crippen molar-refractivity contribution in [1.29, 1.82) is 0 Å². The van der Waals surface area contributed by atoms with Gasteiger partial charge in [-0.2, -0.15) is 0 Å². The molecule has 1 saturated carbocycles. The highest BCUT2D eigenvalue weighted by Gasteiger charge is 2.15. The van der Waals surface area contributed by atoms with Gasteiger partial charge in [0.2, 0.25) is 0 Å². The first-order valence-corrected chi connectivity index (χ1v) is 5.76. The predicted octanol–water partition coefficient (Wildman–Crippen LogP) is 3.42. The minimum atomic E-state index is -0.654. The molecule has 0 aromatic carbocycles. The molecule has 0 aliphatic heterocycles. The van der Waals surface area contributed by atoms with Gasteiger partial charge in [-0.15, -0.1) is 0 Å². The Bertz CT molecular complexity index is 171. The van der Waals surface area contributed by atoms with E-state index in [0.717, 1.165) is 19.3 Å². The second-order valence-corrected chi connectivity index (χ2v) is 4.44. The summed E-state index contributed by atoms with van der Waals surface area (Å²) in [7, 11) is 0. The lowest BCUT2D eigenvalue weighted by Crippen LogP contribution is -2.10. The van der Waals surface area contributed by atoms with Crippen molar-refractivity contribution < 1.29 is 9.90 Å². The lowest BCUT2D eigenvalue weighted by molar-refractivity contribution is -0.141. The highest BCUT2D eigenvalue weighted by Crippen LogP contribution is 2.30. The van der Waals surface area contributed by atoms with Crippen LogP contribution < -0.4 is 0 Å². The minimum Gasteiger partial charge on any atom is -0.481 e. The molecule has 1 unspecified atom stereocenters. The molecule has 1 atom stereocenters. The van der Waals surface area contributed by atoms with Gasteiger partial charge in [0.15, 0.2) is 0 Å². The standard InChI is InChI=1S/C12H21O2/c1-10(12(13)14)6-5-9-11-7-3-2-4-8-11/h10H,2-9H2,1H3,(H,13,14). The molecule has 1 radical (unpaired) electrons. The zero-order valence-electron chi connectivity index (χ0n) is 9.09. The number of carboxylic acid groups (broad SMARTS) is 1. The van der Waals surface area contributed by atoms with Crippen LogP contribution >= 0.6 is 0 Å². The van der Waals surface area contributed by atoms with E-state index < -0.39 is 5.97 Å². The van der Waals surface area contributed by atoms with Crippen molar-refractivity contribution in [2.24, 2.45) is 5.92 Å². The molecule has 0 aromatic rings. The van der Waals surface area contributed by atoms with Gasteiger partial charge in [0.05, 0.1) is 5.92 Å². The summed E-state index contributed by atoms with van der Waals surface area (Å²) in [5, 5.41) is 8.71. The fraction of sp³-hybridized carbons (Fsp3) is 0.833. The van der Waals surface area contributed by atoms with Gasteiger partial charge in [-0.25, -0.2) is 0 Å². The summed E-state index contributed by atoms with van der Waals surface area (Å²) in [6, 6.07) is 0. The smallest absolute Gasteiger partial charge is 0.306 e. The first-order valence-electron chi connectivity index (χ1n) is 5.76. The Kier molecular flexibility index (Phi) is 4.99. The maximum Gasteiger partial charge on any atom is 0.306 e. The summed E-state index contributed by atoms with van der Waals surface area (Å²) in [5.74, 6) is 0.853. The number of carboxylic acids is 1. The van der Waals surface area contributed by atoms with Gasteiger partial charge >= 0.3 is 5.97 Å². The molecule has 1 fully saturated rings. The molecule has 0 heterocycles. The lowest BCUT2D eigenvalue weighted by atomic mass is 9.85. The third-order valence-electron chi connectivity index (χ3n) is 3.15. The molecular weight excluding hydrogens is 176 g/mol. The zero-order chi connectivity index (χ0) is 10.4. The van der Waals surface area contributed by atoms with E-state index in [0.29, 0.717) is 0 Å². The molecule has 2 heteroatoms. The van der Waals surface area contributed by atoms with Crippen LogP contribution in [0.1, 0.15) is 58.3 Å². The SMILES string of the molecule is CC(CCC[C]1CCCCC1)C(=O)O. The summed E-state index contributed by atoms with van der Waals surface area (Å²) in [6.07, 6.45) is 9.73. The predicted molar refractivity (Wildman–Crippen MR) is 57.0 cm³/mol. The van der Waals surface area contributed by atoms with Gasteiger partial charge in [0.25, 0.3) is 0 Å². The Morgan fingerprint density at radius 3 is 2.57 bits per heavy atom. The lowest BCUT2D eigenvalue weighted by Gasteiger charge is -2.20. The number of carbonyl (C=O) groups is 1. The minimum absolute atomic E-state index is 0.167. The van der Waals surface area contributed by atoms with Crippen molar-refractivity contribution >= 4 is 5.97 Å². The van der Waals surface area contributed by atoms with Crippen LogP contribution in [0.4, 0.5) is 0 Å². The number of aliphatic carboxylic acids is 1. The van der Waals surface area contributed by atoms with Gasteiger partial charge in [-0.05, 0) is 31.6 Å². The summed E-state index contributed by atoms with van der Waals surface area (Å²) >= 11 is 0. The average Bonchev–Trinajstić information content (AvgIpc) is 2.19. The quantitative estimate of drug-likeness (QED) is 0.733. The zero-order valence-corrected chi connectivity index (χ0v) is 9.09. The third-order valence-corrected chi connectivity index (χ3v) is 3.15. The van der Waals surface area contributed by atoms with Gasteiger partial charge in [-0.1, -0.05) is 32.6 Å². The molecule has 1 N–H and O–H groups in total. The Hall–Kier alpha value is -0.530. The molecular formula is C12H21O2. The van der Waals surface area contributed by atoms with E-state index in [1.165, 1.54) is 32.1 Å². The van der Waals surface area contributed by atoms with Crippen LogP contribution in [0.5, 0.6) is 0 Å². The Balaban J connectivity index is 2.05. The van der Waals surface area contributed by atoms with Crippen molar-refractivity contribution in [3.63, 3.8) is 0 Å². The van der Waals surface area contributed by atoms with Gasteiger partial charge < -0.3 is 5.11 Å². The van der Waals surface area contributed by atoms with Crippen LogP contribution in [-0.4, -0.2) is 11.1 Å². The number of hydrogen-bond acceptors (Lipinski definition) is 1. The topological polar surface area (TPSA) is 37.3 Å². The van der Waals surface area contributed by atoms with Crippen molar-refractivity contribution in [3.8, 4) is 0 Å². The Morgan fingerprint density at radius 1 is 1.36 bits per heavy atom.